The molecule has 3 aliphatic rings. The topological polar surface area (TPSA) is 73.4 Å². The van der Waals surface area contributed by atoms with Crippen molar-refractivity contribution in [2.75, 3.05) is 50.1 Å². The number of halogens is 1. The molecule has 4 heterocycles. The first-order chi connectivity index (χ1) is 19.0. The summed E-state index contributed by atoms with van der Waals surface area (Å²) in [4.78, 5) is 17.6. The van der Waals surface area contributed by atoms with Crippen molar-refractivity contribution in [2.45, 2.75) is 57.6 Å². The monoisotopic (exact) mass is 545 g/mol. The maximum Gasteiger partial charge on any atom is 0.228 e. The maximum atomic E-state index is 7.22. The molecule has 2 aliphatic heterocycles. The lowest BCUT2D eigenvalue weighted by Gasteiger charge is -2.30. The number of rotatable bonds is 6. The largest absolute Gasteiger partial charge is 0.487 e. The average molecular weight is 546 g/mol. The van der Waals surface area contributed by atoms with Crippen LogP contribution in [-0.4, -0.2) is 77.5 Å². The highest BCUT2D eigenvalue weighted by molar-refractivity contribution is 6.35. The number of nitrogens with one attached hydrogen (secondary N) is 1. The molecular formula is C30H36ClN7O. The zero-order valence-electron chi connectivity index (χ0n) is 23.0. The third-order valence-electron chi connectivity index (χ3n) is 8.59. The van der Waals surface area contributed by atoms with Gasteiger partial charge >= 0.3 is 0 Å². The third-order valence-corrected chi connectivity index (χ3v) is 8.89. The molecule has 1 atom stereocenters. The number of benzene rings is 2. The van der Waals surface area contributed by atoms with E-state index in [1.165, 1.54) is 19.3 Å². The Hall–Kier alpha value is -3.10. The predicted molar refractivity (Wildman–Crippen MR) is 158 cm³/mol. The Kier molecular flexibility index (Phi) is 6.27. The highest BCUT2D eigenvalue weighted by Gasteiger charge is 2.32. The van der Waals surface area contributed by atoms with Crippen LogP contribution in [0, 0.1) is 6.92 Å². The zero-order valence-corrected chi connectivity index (χ0v) is 23.8. The first-order valence-corrected chi connectivity index (χ1v) is 14.7. The molecule has 1 N–H and O–H groups in total. The fourth-order valence-electron chi connectivity index (χ4n) is 6.17. The molecule has 0 amide bonds. The molecule has 4 aromatic rings. The van der Waals surface area contributed by atoms with Crippen LogP contribution in [0.1, 0.15) is 44.1 Å². The lowest BCUT2D eigenvalue weighted by Crippen LogP contribution is -2.33. The van der Waals surface area contributed by atoms with E-state index in [0.29, 0.717) is 11.1 Å². The molecule has 0 spiro atoms. The molecule has 1 saturated carbocycles. The van der Waals surface area contributed by atoms with Crippen LogP contribution < -0.4 is 14.5 Å². The molecule has 3 fully saturated rings. The van der Waals surface area contributed by atoms with Crippen LogP contribution in [0.5, 0.6) is 5.75 Å². The summed E-state index contributed by atoms with van der Waals surface area (Å²) in [6.07, 6.45) is 8.89. The summed E-state index contributed by atoms with van der Waals surface area (Å²) in [5.41, 5.74) is 4.93. The van der Waals surface area contributed by atoms with Crippen molar-refractivity contribution in [3.8, 4) is 16.9 Å². The van der Waals surface area contributed by atoms with Gasteiger partial charge in [0.1, 0.15) is 11.3 Å². The summed E-state index contributed by atoms with van der Waals surface area (Å²) in [5.74, 6) is 2.55. The van der Waals surface area contributed by atoms with Crippen molar-refractivity contribution in [3.05, 3.63) is 35.0 Å². The van der Waals surface area contributed by atoms with Gasteiger partial charge in [-0.3, -0.25) is 5.10 Å². The van der Waals surface area contributed by atoms with Gasteiger partial charge in [0.2, 0.25) is 5.95 Å². The minimum absolute atomic E-state index is 0.191. The van der Waals surface area contributed by atoms with Gasteiger partial charge in [-0.2, -0.15) is 10.1 Å². The van der Waals surface area contributed by atoms with E-state index < -0.39 is 0 Å². The van der Waals surface area contributed by atoms with Gasteiger partial charge in [0.25, 0.3) is 0 Å². The molecule has 8 nitrogen and oxygen atoms in total. The number of H-pyrrole nitrogens is 1. The van der Waals surface area contributed by atoms with Crippen LogP contribution in [0.2, 0.25) is 5.02 Å². The second-order valence-electron chi connectivity index (χ2n) is 11.6. The number of piperidine rings is 1. The van der Waals surface area contributed by atoms with Crippen LogP contribution in [0.3, 0.4) is 0 Å². The van der Waals surface area contributed by atoms with E-state index in [1.807, 2.05) is 6.20 Å². The number of aryl methyl sites for hydroxylation is 1. The van der Waals surface area contributed by atoms with Crippen LogP contribution in [0.15, 0.2) is 24.4 Å². The lowest BCUT2D eigenvalue weighted by atomic mass is 9.94. The SMILES string of the molecule is Cc1ccc2[nH]ncc2c1-c1c(Cl)cc2c(N3CCCCC3)nc(N3CCC(N(C)C)C3)nc2c1OC1CC1. The van der Waals surface area contributed by atoms with Crippen molar-refractivity contribution >= 4 is 45.2 Å². The van der Waals surface area contributed by atoms with Gasteiger partial charge < -0.3 is 19.4 Å². The van der Waals surface area contributed by atoms with Crippen LogP contribution in [0.4, 0.5) is 11.8 Å². The van der Waals surface area contributed by atoms with Gasteiger partial charge in [-0.05, 0) is 77.2 Å². The van der Waals surface area contributed by atoms with Gasteiger partial charge in [-0.15, -0.1) is 0 Å². The van der Waals surface area contributed by atoms with Crippen molar-refractivity contribution in [2.24, 2.45) is 0 Å². The third kappa shape index (κ3) is 4.47. The summed E-state index contributed by atoms with van der Waals surface area (Å²) in [6.45, 7) is 5.99. The molecule has 0 bridgehead atoms. The molecule has 7 rings (SSSR count). The van der Waals surface area contributed by atoms with Gasteiger partial charge in [-0.25, -0.2) is 4.98 Å². The standard InChI is InChI=1S/C30H36ClN7O/c1-18-7-10-24-22(16-32-35-24)25(18)26-23(31)15-21-27(28(26)39-20-8-9-20)33-30(38-14-11-19(17-38)36(2)3)34-29(21)37-12-5-4-6-13-37/h7,10,15-16,19-20H,4-6,8-9,11-14,17H2,1-3H3,(H,32,35). The molecule has 1 aliphatic carbocycles. The van der Waals surface area contributed by atoms with E-state index in [-0.39, 0.29) is 6.10 Å². The number of fused-ring (bicyclic) bond motifs is 2. The Balaban J connectivity index is 1.49. The molecule has 2 aromatic carbocycles. The summed E-state index contributed by atoms with van der Waals surface area (Å²) in [6, 6.07) is 6.76. The number of aromatic amines is 1. The van der Waals surface area contributed by atoms with Gasteiger partial charge in [0, 0.05) is 54.1 Å². The Morgan fingerprint density at radius 2 is 1.79 bits per heavy atom. The molecule has 39 heavy (non-hydrogen) atoms. The number of nitrogens with zero attached hydrogens (tertiary/aromatic N) is 6. The van der Waals surface area contributed by atoms with Crippen molar-refractivity contribution in [1.82, 2.24) is 25.1 Å². The number of ether oxygens (including phenoxy) is 1. The van der Waals surface area contributed by atoms with E-state index in [2.05, 4.69) is 64.1 Å². The molecule has 1 unspecified atom stereocenters. The van der Waals surface area contributed by atoms with E-state index >= 15 is 0 Å². The van der Waals surface area contributed by atoms with Gasteiger partial charge in [0.15, 0.2) is 5.75 Å². The molecular weight excluding hydrogens is 510 g/mol. The predicted octanol–water partition coefficient (Wildman–Crippen LogP) is 5.81. The van der Waals surface area contributed by atoms with E-state index in [0.717, 1.165) is 101 Å². The highest BCUT2D eigenvalue weighted by atomic mass is 35.5. The number of aromatic nitrogens is 4. The highest BCUT2D eigenvalue weighted by Crippen LogP contribution is 2.49. The van der Waals surface area contributed by atoms with Crippen LogP contribution >= 0.6 is 11.6 Å². The van der Waals surface area contributed by atoms with Crippen LogP contribution in [-0.2, 0) is 0 Å². The normalized spacial score (nSPS) is 20.1. The smallest absolute Gasteiger partial charge is 0.228 e. The summed E-state index contributed by atoms with van der Waals surface area (Å²) in [7, 11) is 4.31. The minimum Gasteiger partial charge on any atom is -0.487 e. The minimum atomic E-state index is 0.191. The zero-order chi connectivity index (χ0) is 26.7. The molecule has 2 aromatic heterocycles. The van der Waals surface area contributed by atoms with Crippen molar-refractivity contribution in [1.29, 1.82) is 0 Å². The summed E-state index contributed by atoms with van der Waals surface area (Å²) in [5, 5.41) is 10.1. The number of hydrogen-bond donors (Lipinski definition) is 1. The van der Waals surface area contributed by atoms with E-state index in [4.69, 9.17) is 26.3 Å². The van der Waals surface area contributed by atoms with Crippen molar-refractivity contribution in [3.63, 3.8) is 0 Å². The Labute approximate surface area is 234 Å². The van der Waals surface area contributed by atoms with Gasteiger partial charge in [0.05, 0.1) is 22.8 Å². The Morgan fingerprint density at radius 1 is 0.974 bits per heavy atom. The van der Waals surface area contributed by atoms with Gasteiger partial charge in [-0.1, -0.05) is 17.7 Å². The first kappa shape index (κ1) is 24.9. The van der Waals surface area contributed by atoms with E-state index in [9.17, 15) is 0 Å². The fourth-order valence-corrected chi connectivity index (χ4v) is 6.46. The Morgan fingerprint density at radius 3 is 2.54 bits per heavy atom. The maximum absolute atomic E-state index is 7.22. The second kappa shape index (κ2) is 9.82. The molecule has 2 saturated heterocycles. The lowest BCUT2D eigenvalue weighted by molar-refractivity contribution is 0.307. The molecule has 204 valence electrons. The number of anilines is 2. The summed E-state index contributed by atoms with van der Waals surface area (Å²) < 4.78 is 6.75. The average Bonchev–Trinajstić information content (AvgIpc) is 3.40. The van der Waals surface area contributed by atoms with Crippen LogP contribution in [0.25, 0.3) is 32.9 Å². The number of hydrogen-bond acceptors (Lipinski definition) is 7. The quantitative estimate of drug-likeness (QED) is 0.328. The molecule has 9 heteroatoms. The first-order valence-electron chi connectivity index (χ1n) is 14.3. The Bertz CT molecular complexity index is 1540. The van der Waals surface area contributed by atoms with E-state index in [1.54, 1.807) is 0 Å². The molecule has 0 radical (unpaired) electrons. The summed E-state index contributed by atoms with van der Waals surface area (Å²) >= 11 is 7.22. The van der Waals surface area contributed by atoms with Crippen molar-refractivity contribution < 1.29 is 4.74 Å². The second-order valence-corrected chi connectivity index (χ2v) is 12.0. The number of likely N-dealkylation sites (N-methyl/N-ethyl adjacent to an activating group) is 1. The fraction of sp³-hybridized carbons (Fsp3) is 0.500.